The minimum absolute atomic E-state index is 0.173. The van der Waals surface area contributed by atoms with E-state index in [1.165, 1.54) is 5.56 Å². The molecule has 1 amide bonds. The summed E-state index contributed by atoms with van der Waals surface area (Å²) in [6, 6.07) is 12.0. The van der Waals surface area contributed by atoms with Crippen LogP contribution in [0.4, 0.5) is 0 Å². The van der Waals surface area contributed by atoms with Crippen LogP contribution in [0.2, 0.25) is 0 Å². The van der Waals surface area contributed by atoms with E-state index < -0.39 is 0 Å². The number of amides is 1. The Morgan fingerprint density at radius 3 is 2.76 bits per heavy atom. The van der Waals surface area contributed by atoms with Crippen LogP contribution >= 0.6 is 0 Å². The van der Waals surface area contributed by atoms with Crippen molar-refractivity contribution < 1.29 is 13.9 Å². The summed E-state index contributed by atoms with van der Waals surface area (Å²) in [4.78, 5) is 25.3. The Hall–Kier alpha value is -3.82. The number of fused-ring (bicyclic) bond motifs is 3. The van der Waals surface area contributed by atoms with Crippen molar-refractivity contribution in [3.05, 3.63) is 71.7 Å². The summed E-state index contributed by atoms with van der Waals surface area (Å²) in [5.74, 6) is 1.23. The number of rotatable bonds is 8. The van der Waals surface area contributed by atoms with E-state index in [1.54, 1.807) is 30.3 Å². The topological polar surface area (TPSA) is 98.3 Å². The summed E-state index contributed by atoms with van der Waals surface area (Å²) in [7, 11) is 1.73. The maximum atomic E-state index is 13.4. The van der Waals surface area contributed by atoms with E-state index in [-0.39, 0.29) is 5.91 Å². The summed E-state index contributed by atoms with van der Waals surface area (Å²) in [5.41, 5.74) is 5.42. The minimum Gasteiger partial charge on any atom is -0.463 e. The van der Waals surface area contributed by atoms with E-state index in [0.717, 1.165) is 68.7 Å². The van der Waals surface area contributed by atoms with Crippen molar-refractivity contribution in [3.63, 3.8) is 0 Å². The van der Waals surface area contributed by atoms with Gasteiger partial charge in [0.15, 0.2) is 5.76 Å². The van der Waals surface area contributed by atoms with Gasteiger partial charge in [0.05, 0.1) is 30.3 Å². The van der Waals surface area contributed by atoms with Crippen LogP contribution < -0.4 is 5.32 Å². The molecule has 1 saturated heterocycles. The molecule has 6 rings (SSSR count). The van der Waals surface area contributed by atoms with Crippen LogP contribution in [-0.4, -0.2) is 70.5 Å². The Morgan fingerprint density at radius 2 is 1.95 bits per heavy atom. The van der Waals surface area contributed by atoms with Crippen molar-refractivity contribution in [1.82, 2.24) is 30.0 Å². The van der Waals surface area contributed by atoms with E-state index in [9.17, 15) is 4.79 Å². The van der Waals surface area contributed by atoms with E-state index >= 15 is 0 Å². The Morgan fingerprint density at radius 1 is 1.11 bits per heavy atom. The molecule has 1 aliphatic carbocycles. The number of aryl methyl sites for hydroxylation is 2. The first-order chi connectivity index (χ1) is 18.7. The number of carbonyl (C=O) groups is 1. The third-order valence-corrected chi connectivity index (χ3v) is 7.62. The molecule has 0 bridgehead atoms. The molecule has 1 N–H and O–H groups in total. The second-order valence-electron chi connectivity index (χ2n) is 9.98. The average molecular weight is 513 g/mol. The predicted octanol–water partition coefficient (Wildman–Crippen LogP) is 3.78. The summed E-state index contributed by atoms with van der Waals surface area (Å²) in [6.07, 6.45) is 9.03. The zero-order valence-electron chi connectivity index (χ0n) is 21.6. The number of carbonyl (C=O) groups excluding carboxylic acids is 1. The Balaban J connectivity index is 1.24. The molecule has 4 aromatic rings. The number of nitrogens with zero attached hydrogens (tertiary/aromatic N) is 5. The number of benzene rings is 1. The number of ether oxygens (including phenoxy) is 1. The maximum absolute atomic E-state index is 13.4. The van der Waals surface area contributed by atoms with Gasteiger partial charge >= 0.3 is 0 Å². The van der Waals surface area contributed by atoms with Gasteiger partial charge in [-0.3, -0.25) is 4.79 Å². The molecule has 1 aromatic carbocycles. The summed E-state index contributed by atoms with van der Waals surface area (Å²) >= 11 is 0. The highest BCUT2D eigenvalue weighted by Crippen LogP contribution is 2.33. The van der Waals surface area contributed by atoms with Crippen molar-refractivity contribution in [2.24, 2.45) is 5.92 Å². The van der Waals surface area contributed by atoms with Gasteiger partial charge in [-0.15, -0.1) is 0 Å². The fraction of sp³-hybridized carbons (Fsp3) is 0.379. The zero-order valence-corrected chi connectivity index (χ0v) is 21.6. The molecular weight excluding hydrogens is 480 g/mol. The van der Waals surface area contributed by atoms with Crippen LogP contribution in [0.5, 0.6) is 0 Å². The van der Waals surface area contributed by atoms with Gasteiger partial charge in [0.1, 0.15) is 5.69 Å². The highest BCUT2D eigenvalue weighted by molar-refractivity contribution is 5.99. The lowest BCUT2D eigenvalue weighted by Crippen LogP contribution is -2.39. The first-order valence-corrected chi connectivity index (χ1v) is 13.3. The zero-order chi connectivity index (χ0) is 25.9. The smallest absolute Gasteiger partial charge is 0.255 e. The largest absolute Gasteiger partial charge is 0.463 e. The van der Waals surface area contributed by atoms with Crippen LogP contribution in [0.25, 0.3) is 28.7 Å². The molecule has 196 valence electrons. The minimum atomic E-state index is -0.173. The van der Waals surface area contributed by atoms with E-state index in [0.29, 0.717) is 35.4 Å². The van der Waals surface area contributed by atoms with Crippen molar-refractivity contribution in [1.29, 1.82) is 0 Å². The van der Waals surface area contributed by atoms with Gasteiger partial charge in [-0.25, -0.2) is 9.97 Å². The van der Waals surface area contributed by atoms with Gasteiger partial charge in [-0.05, 0) is 68.0 Å². The molecule has 0 unspecified atom stereocenters. The fourth-order valence-corrected chi connectivity index (χ4v) is 5.44. The first-order valence-electron chi connectivity index (χ1n) is 13.3. The number of hydrogen-bond acceptors (Lipinski definition) is 7. The number of likely N-dealkylation sites (tertiary alicyclic amines) is 1. The van der Waals surface area contributed by atoms with Crippen LogP contribution in [0.15, 0.2) is 59.5 Å². The quantitative estimate of drug-likeness (QED) is 0.384. The second-order valence-corrected chi connectivity index (χ2v) is 9.98. The Kier molecular flexibility index (Phi) is 7.02. The number of furan rings is 1. The standard InChI is InChI=1S/C29H32N6O3/c1-37-16-14-34-12-10-20(11-13-34)17-30-28(36)24-19-32-35(27(24)25-7-4-15-38-25)29-31-18-22-9-8-21-5-2-3-6-23(21)26(22)33-29/h2-7,15,18-20H,8-14,16-17H2,1H3,(H,30,36). The third kappa shape index (κ3) is 4.87. The lowest BCUT2D eigenvalue weighted by molar-refractivity contribution is 0.0926. The van der Waals surface area contributed by atoms with E-state index in [4.69, 9.17) is 14.1 Å². The molecule has 0 radical (unpaired) electrons. The highest BCUT2D eigenvalue weighted by Gasteiger charge is 2.26. The first kappa shape index (κ1) is 24.5. The molecule has 0 spiro atoms. The van der Waals surface area contributed by atoms with Crippen LogP contribution in [0.3, 0.4) is 0 Å². The third-order valence-electron chi connectivity index (χ3n) is 7.62. The van der Waals surface area contributed by atoms with Crippen molar-refractivity contribution in [2.75, 3.05) is 39.9 Å². The molecule has 2 aliphatic rings. The molecule has 1 fully saturated rings. The summed E-state index contributed by atoms with van der Waals surface area (Å²) in [5, 5.41) is 7.69. The number of nitrogens with one attached hydrogen (secondary N) is 1. The highest BCUT2D eigenvalue weighted by atomic mass is 16.5. The molecule has 0 saturated carbocycles. The van der Waals surface area contributed by atoms with Gasteiger partial charge < -0.3 is 19.4 Å². The number of aromatic nitrogens is 4. The van der Waals surface area contributed by atoms with Gasteiger partial charge in [0.25, 0.3) is 11.9 Å². The molecule has 38 heavy (non-hydrogen) atoms. The average Bonchev–Trinajstić information content (AvgIpc) is 3.65. The van der Waals surface area contributed by atoms with Gasteiger partial charge in [-0.1, -0.05) is 24.3 Å². The number of piperidine rings is 1. The molecule has 1 aliphatic heterocycles. The summed E-state index contributed by atoms with van der Waals surface area (Å²) < 4.78 is 12.5. The number of methoxy groups -OCH3 is 1. The molecule has 3 aromatic heterocycles. The van der Waals surface area contributed by atoms with Crippen molar-refractivity contribution in [3.8, 4) is 28.7 Å². The van der Waals surface area contributed by atoms with Crippen molar-refractivity contribution in [2.45, 2.75) is 25.7 Å². The fourth-order valence-electron chi connectivity index (χ4n) is 5.44. The lowest BCUT2D eigenvalue weighted by Gasteiger charge is -2.31. The maximum Gasteiger partial charge on any atom is 0.255 e. The Labute approximate surface area is 221 Å². The van der Waals surface area contributed by atoms with Crippen LogP contribution in [0.1, 0.15) is 34.3 Å². The molecule has 9 heteroatoms. The number of hydrogen-bond donors (Lipinski definition) is 1. The van der Waals surface area contributed by atoms with Gasteiger partial charge in [0, 0.05) is 32.0 Å². The SMILES string of the molecule is COCCN1CCC(CNC(=O)c2cnn(-c3ncc4c(n3)-c3ccccc3CC4)c2-c2ccco2)CC1. The lowest BCUT2D eigenvalue weighted by atomic mass is 9.90. The normalized spacial score (nSPS) is 15.7. The van der Waals surface area contributed by atoms with Gasteiger partial charge in [0.2, 0.25) is 0 Å². The second kappa shape index (κ2) is 10.9. The van der Waals surface area contributed by atoms with E-state index in [2.05, 4.69) is 38.5 Å². The van der Waals surface area contributed by atoms with E-state index in [1.807, 2.05) is 18.3 Å². The predicted molar refractivity (Wildman–Crippen MR) is 143 cm³/mol. The van der Waals surface area contributed by atoms with Gasteiger partial charge in [-0.2, -0.15) is 9.78 Å². The summed E-state index contributed by atoms with van der Waals surface area (Å²) in [6.45, 7) is 4.39. The van der Waals surface area contributed by atoms with Crippen LogP contribution in [0, 0.1) is 5.92 Å². The monoisotopic (exact) mass is 512 g/mol. The molecule has 9 nitrogen and oxygen atoms in total. The molecule has 4 heterocycles. The molecule has 0 atom stereocenters. The van der Waals surface area contributed by atoms with Crippen molar-refractivity contribution >= 4 is 5.91 Å². The Bertz CT molecular complexity index is 1410. The van der Waals surface area contributed by atoms with Crippen LogP contribution in [-0.2, 0) is 17.6 Å². The molecular formula is C29H32N6O3.